The summed E-state index contributed by atoms with van der Waals surface area (Å²) in [6.45, 7) is 4.94. The van der Waals surface area contributed by atoms with Crippen LogP contribution in [-0.4, -0.2) is 79.1 Å². The van der Waals surface area contributed by atoms with Crippen LogP contribution in [0, 0.1) is 18.7 Å². The summed E-state index contributed by atoms with van der Waals surface area (Å²) in [5, 5.41) is 6.48. The highest BCUT2D eigenvalue weighted by molar-refractivity contribution is 5.88. The summed E-state index contributed by atoms with van der Waals surface area (Å²) in [7, 11) is 1.93. The Kier molecular flexibility index (Phi) is 6.31. The average molecular weight is 459 g/mol. The lowest BCUT2D eigenvalue weighted by molar-refractivity contribution is -0.150. The van der Waals surface area contributed by atoms with Crippen molar-refractivity contribution in [1.29, 1.82) is 0 Å². The maximum absolute atomic E-state index is 14.2. The molecule has 0 radical (unpaired) electrons. The van der Waals surface area contributed by atoms with Gasteiger partial charge in [-0.1, -0.05) is 6.07 Å². The molecule has 0 spiro atoms. The molecule has 4 aliphatic rings. The van der Waals surface area contributed by atoms with Crippen molar-refractivity contribution in [3.63, 3.8) is 0 Å². The van der Waals surface area contributed by atoms with Crippen LogP contribution in [0.25, 0.3) is 0 Å². The van der Waals surface area contributed by atoms with E-state index < -0.39 is 6.04 Å². The minimum atomic E-state index is -0.415. The largest absolute Gasteiger partial charge is 0.380 e. The Hall–Kier alpha value is -2.19. The number of anilines is 1. The first-order chi connectivity index (χ1) is 15.9. The predicted molar refractivity (Wildman–Crippen MR) is 123 cm³/mol. The molecule has 2 unspecified atom stereocenters. The topological polar surface area (TPSA) is 73.9 Å². The second-order valence-electron chi connectivity index (χ2n) is 10.3. The Balaban J connectivity index is 1.13. The number of nitrogens with zero attached hydrogens (tertiary/aromatic N) is 2. The minimum Gasteiger partial charge on any atom is -0.380 e. The number of benzene rings is 1. The molecule has 8 heteroatoms. The molecule has 0 aromatic heterocycles. The highest BCUT2D eigenvalue weighted by atomic mass is 19.1. The van der Waals surface area contributed by atoms with E-state index in [0.29, 0.717) is 31.2 Å². The second kappa shape index (κ2) is 9.22. The number of hydrogen-bond acceptors (Lipinski definition) is 5. The molecule has 0 bridgehead atoms. The van der Waals surface area contributed by atoms with Crippen LogP contribution in [0.2, 0.25) is 0 Å². The normalized spacial score (nSPS) is 29.8. The monoisotopic (exact) mass is 458 g/mol. The van der Waals surface area contributed by atoms with E-state index in [0.717, 1.165) is 56.4 Å². The van der Waals surface area contributed by atoms with Gasteiger partial charge in [0.1, 0.15) is 11.9 Å². The van der Waals surface area contributed by atoms with E-state index in [9.17, 15) is 14.0 Å². The van der Waals surface area contributed by atoms with Crippen LogP contribution in [0.4, 0.5) is 10.1 Å². The van der Waals surface area contributed by atoms with Crippen molar-refractivity contribution in [1.82, 2.24) is 15.1 Å². The summed E-state index contributed by atoms with van der Waals surface area (Å²) in [6.07, 6.45) is 5.51. The van der Waals surface area contributed by atoms with Gasteiger partial charge >= 0.3 is 0 Å². The molecule has 1 aromatic rings. The third kappa shape index (κ3) is 4.47. The Labute approximate surface area is 195 Å². The van der Waals surface area contributed by atoms with E-state index in [1.165, 1.54) is 6.07 Å². The van der Waals surface area contributed by atoms with Gasteiger partial charge in [-0.15, -0.1) is 0 Å². The molecule has 33 heavy (non-hydrogen) atoms. The second-order valence-corrected chi connectivity index (χ2v) is 10.3. The van der Waals surface area contributed by atoms with Gasteiger partial charge in [-0.2, -0.15) is 0 Å². The molecule has 2 N–H and O–H groups in total. The molecule has 1 saturated carbocycles. The summed E-state index contributed by atoms with van der Waals surface area (Å²) < 4.78 is 19.4. The fraction of sp³-hybridized carbons (Fsp3) is 0.680. The number of amides is 2. The van der Waals surface area contributed by atoms with Gasteiger partial charge in [0.05, 0.1) is 19.1 Å². The van der Waals surface area contributed by atoms with Crippen molar-refractivity contribution >= 4 is 17.5 Å². The SMILES string of the molecule is Cc1ccc(F)c2c1NC(C(=O)N[C@@H]1CCC[C@H](N3CCC(N(C)C(=O)C4COC4)C3)C1)C2. The average Bonchev–Trinajstić information content (AvgIpc) is 3.43. The molecule has 5 rings (SSSR count). The lowest BCUT2D eigenvalue weighted by Gasteiger charge is -2.37. The Morgan fingerprint density at radius 2 is 2.06 bits per heavy atom. The third-order valence-corrected chi connectivity index (χ3v) is 8.09. The van der Waals surface area contributed by atoms with Gasteiger partial charge in [0.25, 0.3) is 0 Å². The smallest absolute Gasteiger partial charge is 0.243 e. The minimum absolute atomic E-state index is 0.0333. The van der Waals surface area contributed by atoms with Crippen molar-refractivity contribution in [2.75, 3.05) is 38.7 Å². The molecular formula is C25H35FN4O3. The van der Waals surface area contributed by atoms with Crippen molar-refractivity contribution in [2.24, 2.45) is 5.92 Å². The van der Waals surface area contributed by atoms with E-state index in [1.807, 2.05) is 18.9 Å². The number of fused-ring (bicyclic) bond motifs is 1. The number of hydrogen-bond donors (Lipinski definition) is 2. The molecule has 1 aromatic carbocycles. The number of likely N-dealkylation sites (tertiary alicyclic amines) is 1. The van der Waals surface area contributed by atoms with Crippen molar-refractivity contribution in [2.45, 2.75) is 69.6 Å². The molecular weight excluding hydrogens is 423 g/mol. The first-order valence-electron chi connectivity index (χ1n) is 12.3. The first kappa shape index (κ1) is 22.6. The van der Waals surface area contributed by atoms with Gasteiger partial charge in [0.15, 0.2) is 0 Å². The zero-order valence-corrected chi connectivity index (χ0v) is 19.6. The molecule has 3 aliphatic heterocycles. The number of halogens is 1. The Bertz CT molecular complexity index is 890. The molecule has 7 nitrogen and oxygen atoms in total. The van der Waals surface area contributed by atoms with Gasteiger partial charge in [0, 0.05) is 55.9 Å². The Morgan fingerprint density at radius 1 is 1.24 bits per heavy atom. The lowest BCUT2D eigenvalue weighted by atomic mass is 9.89. The van der Waals surface area contributed by atoms with Crippen LogP contribution in [0.3, 0.4) is 0 Å². The molecule has 3 heterocycles. The summed E-state index contributed by atoms with van der Waals surface area (Å²) in [4.78, 5) is 30.0. The van der Waals surface area contributed by atoms with E-state index in [4.69, 9.17) is 4.74 Å². The molecule has 3 fully saturated rings. The van der Waals surface area contributed by atoms with Crippen LogP contribution in [0.1, 0.15) is 43.2 Å². The van der Waals surface area contributed by atoms with Crippen LogP contribution in [0.15, 0.2) is 12.1 Å². The quantitative estimate of drug-likeness (QED) is 0.707. The first-order valence-corrected chi connectivity index (χ1v) is 12.3. The summed E-state index contributed by atoms with van der Waals surface area (Å²) in [6, 6.07) is 3.64. The Morgan fingerprint density at radius 3 is 2.79 bits per heavy atom. The van der Waals surface area contributed by atoms with Gasteiger partial charge in [-0.05, 0) is 50.7 Å². The summed E-state index contributed by atoms with van der Waals surface area (Å²) >= 11 is 0. The summed E-state index contributed by atoms with van der Waals surface area (Å²) in [5.41, 5.74) is 2.36. The van der Waals surface area contributed by atoms with Gasteiger partial charge < -0.3 is 20.3 Å². The lowest BCUT2D eigenvalue weighted by Crippen LogP contribution is -2.50. The van der Waals surface area contributed by atoms with Crippen LogP contribution < -0.4 is 10.6 Å². The maximum atomic E-state index is 14.2. The van der Waals surface area contributed by atoms with E-state index in [1.54, 1.807) is 6.07 Å². The summed E-state index contributed by atoms with van der Waals surface area (Å²) in [5.74, 6) is -0.0412. The molecule has 180 valence electrons. The highest BCUT2D eigenvalue weighted by Crippen LogP contribution is 2.32. The molecule has 2 amide bonds. The van der Waals surface area contributed by atoms with Gasteiger partial charge in [0.2, 0.25) is 11.8 Å². The zero-order chi connectivity index (χ0) is 23.1. The van der Waals surface area contributed by atoms with E-state index in [2.05, 4.69) is 15.5 Å². The van der Waals surface area contributed by atoms with E-state index in [-0.39, 0.29) is 35.6 Å². The van der Waals surface area contributed by atoms with Crippen molar-refractivity contribution in [3.8, 4) is 0 Å². The number of ether oxygens (including phenoxy) is 1. The van der Waals surface area contributed by atoms with Crippen LogP contribution in [-0.2, 0) is 20.7 Å². The van der Waals surface area contributed by atoms with Gasteiger partial charge in [-0.25, -0.2) is 4.39 Å². The number of carbonyl (C=O) groups excluding carboxylic acids is 2. The fourth-order valence-corrected chi connectivity index (χ4v) is 5.92. The van der Waals surface area contributed by atoms with E-state index >= 15 is 0 Å². The van der Waals surface area contributed by atoms with Gasteiger partial charge in [-0.3, -0.25) is 14.5 Å². The zero-order valence-electron chi connectivity index (χ0n) is 19.6. The van der Waals surface area contributed by atoms with Crippen LogP contribution >= 0.6 is 0 Å². The number of rotatable bonds is 5. The number of carbonyl (C=O) groups is 2. The number of aryl methyl sites for hydroxylation is 1. The standard InChI is InChI=1S/C25H35FN4O3/c1-15-6-7-21(26)20-11-22(28-23(15)20)24(31)27-17-4-3-5-18(10-17)30-9-8-19(12-30)29(2)25(32)16-13-33-14-16/h6-7,16-19,22,28H,3-5,8-14H2,1-2H3,(H,27,31)/t17-,18+,19?,22?/m1/s1. The predicted octanol–water partition coefficient (Wildman–Crippen LogP) is 2.08. The molecule has 1 aliphatic carbocycles. The van der Waals surface area contributed by atoms with Crippen LogP contribution in [0.5, 0.6) is 0 Å². The van der Waals surface area contributed by atoms with Crippen molar-refractivity contribution in [3.05, 3.63) is 29.1 Å². The number of nitrogens with one attached hydrogen (secondary N) is 2. The number of likely N-dealkylation sites (N-methyl/N-ethyl adjacent to an activating group) is 1. The fourth-order valence-electron chi connectivity index (χ4n) is 5.92. The molecule has 4 atom stereocenters. The van der Waals surface area contributed by atoms with Crippen molar-refractivity contribution < 1.29 is 18.7 Å². The highest BCUT2D eigenvalue weighted by Gasteiger charge is 2.38. The third-order valence-electron chi connectivity index (χ3n) is 8.09. The maximum Gasteiger partial charge on any atom is 0.243 e. The molecule has 2 saturated heterocycles.